The molecule has 5 nitrogen and oxygen atoms in total. The van der Waals surface area contributed by atoms with E-state index in [1.165, 1.54) is 0 Å². The van der Waals surface area contributed by atoms with E-state index < -0.39 is 0 Å². The van der Waals surface area contributed by atoms with Crippen molar-refractivity contribution in [2.24, 2.45) is 5.92 Å². The summed E-state index contributed by atoms with van der Waals surface area (Å²) in [7, 11) is 0. The van der Waals surface area contributed by atoms with Crippen molar-refractivity contribution in [1.82, 2.24) is 19.6 Å². The van der Waals surface area contributed by atoms with Crippen molar-refractivity contribution in [3.05, 3.63) is 27.7 Å². The molecule has 0 atom stereocenters. The molecule has 0 aliphatic heterocycles. The van der Waals surface area contributed by atoms with Gasteiger partial charge in [0.2, 0.25) is 0 Å². The number of imidazole rings is 1. The van der Waals surface area contributed by atoms with Gasteiger partial charge in [0.1, 0.15) is 11.6 Å². The Morgan fingerprint density at radius 1 is 1.28 bits per heavy atom. The Labute approximate surface area is 106 Å². The molecule has 18 heavy (non-hydrogen) atoms. The molecule has 0 aliphatic carbocycles. The molecule has 2 rings (SSSR count). The third-order valence-electron chi connectivity index (χ3n) is 2.90. The fourth-order valence-electron chi connectivity index (χ4n) is 2.01. The summed E-state index contributed by atoms with van der Waals surface area (Å²) in [6, 6.07) is 0. The summed E-state index contributed by atoms with van der Waals surface area (Å²) >= 11 is 0. The van der Waals surface area contributed by atoms with Gasteiger partial charge in [0, 0.05) is 12.3 Å². The van der Waals surface area contributed by atoms with Gasteiger partial charge in [0.15, 0.2) is 5.52 Å². The van der Waals surface area contributed by atoms with E-state index in [1.807, 2.05) is 20.8 Å². The normalized spacial score (nSPS) is 11.9. The van der Waals surface area contributed by atoms with Gasteiger partial charge in [-0.2, -0.15) is 5.10 Å². The van der Waals surface area contributed by atoms with Crippen molar-refractivity contribution in [2.75, 3.05) is 0 Å². The number of aromatic amines is 1. The van der Waals surface area contributed by atoms with Gasteiger partial charge < -0.3 is 4.98 Å². The first-order valence-electron chi connectivity index (χ1n) is 6.38. The highest BCUT2D eigenvalue weighted by molar-refractivity contribution is 5.49. The predicted octanol–water partition coefficient (Wildman–Crippen LogP) is 2.05. The van der Waals surface area contributed by atoms with Crippen LogP contribution < -0.4 is 5.56 Å². The summed E-state index contributed by atoms with van der Waals surface area (Å²) < 4.78 is 1.71. The SMILES string of the molecule is Cc1nc(CC(C)C)n2nc(C(C)C)[nH]c(=O)c12. The van der Waals surface area contributed by atoms with Crippen molar-refractivity contribution < 1.29 is 0 Å². The summed E-state index contributed by atoms with van der Waals surface area (Å²) in [5.41, 5.74) is 1.21. The van der Waals surface area contributed by atoms with E-state index in [2.05, 4.69) is 28.9 Å². The lowest BCUT2D eigenvalue weighted by Crippen LogP contribution is -2.18. The van der Waals surface area contributed by atoms with E-state index in [1.54, 1.807) is 4.52 Å². The van der Waals surface area contributed by atoms with Gasteiger partial charge in [-0.1, -0.05) is 27.7 Å². The third kappa shape index (κ3) is 2.17. The van der Waals surface area contributed by atoms with Gasteiger partial charge in [-0.05, 0) is 12.8 Å². The Kier molecular flexibility index (Phi) is 3.24. The van der Waals surface area contributed by atoms with E-state index in [9.17, 15) is 4.79 Å². The zero-order valence-electron chi connectivity index (χ0n) is 11.6. The fraction of sp³-hybridized carbons (Fsp3) is 0.615. The van der Waals surface area contributed by atoms with Crippen LogP contribution in [-0.2, 0) is 6.42 Å². The molecule has 0 radical (unpaired) electrons. The van der Waals surface area contributed by atoms with Gasteiger partial charge in [-0.15, -0.1) is 0 Å². The van der Waals surface area contributed by atoms with Gasteiger partial charge in [-0.3, -0.25) is 4.79 Å². The molecule has 5 heteroatoms. The van der Waals surface area contributed by atoms with Gasteiger partial charge in [-0.25, -0.2) is 9.50 Å². The molecular weight excluding hydrogens is 228 g/mol. The van der Waals surface area contributed by atoms with E-state index in [4.69, 9.17) is 0 Å². The largest absolute Gasteiger partial charge is 0.307 e. The molecule has 0 aliphatic rings. The maximum absolute atomic E-state index is 12.1. The van der Waals surface area contributed by atoms with Crippen molar-refractivity contribution in [2.45, 2.75) is 47.0 Å². The van der Waals surface area contributed by atoms with E-state index >= 15 is 0 Å². The van der Waals surface area contributed by atoms with Crippen LogP contribution in [0.2, 0.25) is 0 Å². The maximum Gasteiger partial charge on any atom is 0.277 e. The number of aromatic nitrogens is 4. The molecular formula is C13H20N4O. The highest BCUT2D eigenvalue weighted by Gasteiger charge is 2.15. The monoisotopic (exact) mass is 248 g/mol. The van der Waals surface area contributed by atoms with Crippen LogP contribution in [0.15, 0.2) is 4.79 Å². The number of H-pyrrole nitrogens is 1. The van der Waals surface area contributed by atoms with Crippen LogP contribution in [-0.4, -0.2) is 19.6 Å². The minimum atomic E-state index is -0.103. The number of nitrogens with zero attached hydrogens (tertiary/aromatic N) is 3. The second-order valence-corrected chi connectivity index (χ2v) is 5.47. The van der Waals surface area contributed by atoms with Crippen LogP contribution in [0.5, 0.6) is 0 Å². The first kappa shape index (κ1) is 12.8. The molecule has 2 heterocycles. The van der Waals surface area contributed by atoms with Crippen molar-refractivity contribution in [3.63, 3.8) is 0 Å². The zero-order valence-corrected chi connectivity index (χ0v) is 11.6. The summed E-state index contributed by atoms with van der Waals surface area (Å²) in [5, 5.41) is 4.51. The molecule has 0 aromatic carbocycles. The Hall–Kier alpha value is -1.65. The molecule has 98 valence electrons. The van der Waals surface area contributed by atoms with Crippen LogP contribution in [0, 0.1) is 12.8 Å². The van der Waals surface area contributed by atoms with Gasteiger partial charge >= 0.3 is 0 Å². The topological polar surface area (TPSA) is 63.1 Å². The van der Waals surface area contributed by atoms with Crippen molar-refractivity contribution in [1.29, 1.82) is 0 Å². The summed E-state index contributed by atoms with van der Waals surface area (Å²) in [4.78, 5) is 19.4. The highest BCUT2D eigenvalue weighted by atomic mass is 16.1. The first-order valence-corrected chi connectivity index (χ1v) is 6.38. The molecule has 0 spiro atoms. The lowest BCUT2D eigenvalue weighted by molar-refractivity contribution is 0.598. The van der Waals surface area contributed by atoms with Gasteiger partial charge in [0.05, 0.1) is 5.69 Å². The average Bonchev–Trinajstić information content (AvgIpc) is 2.55. The van der Waals surface area contributed by atoms with Crippen LogP contribution in [0.4, 0.5) is 0 Å². The van der Waals surface area contributed by atoms with Crippen LogP contribution in [0.25, 0.3) is 5.52 Å². The second-order valence-electron chi connectivity index (χ2n) is 5.47. The first-order chi connectivity index (χ1) is 8.40. The third-order valence-corrected chi connectivity index (χ3v) is 2.90. The Morgan fingerprint density at radius 3 is 2.50 bits per heavy atom. The van der Waals surface area contributed by atoms with E-state index in [0.29, 0.717) is 17.3 Å². The minimum absolute atomic E-state index is 0.103. The van der Waals surface area contributed by atoms with Crippen molar-refractivity contribution >= 4 is 5.52 Å². The van der Waals surface area contributed by atoms with E-state index in [-0.39, 0.29) is 11.5 Å². The molecule has 0 bridgehead atoms. The molecule has 0 saturated carbocycles. The summed E-state index contributed by atoms with van der Waals surface area (Å²) in [6.45, 7) is 10.1. The molecule has 2 aromatic heterocycles. The molecule has 2 aromatic rings. The highest BCUT2D eigenvalue weighted by Crippen LogP contribution is 2.13. The number of nitrogens with one attached hydrogen (secondary N) is 1. The number of aryl methyl sites for hydroxylation is 1. The minimum Gasteiger partial charge on any atom is -0.307 e. The molecule has 1 N–H and O–H groups in total. The zero-order chi connectivity index (χ0) is 13.4. The van der Waals surface area contributed by atoms with Crippen LogP contribution in [0.3, 0.4) is 0 Å². The van der Waals surface area contributed by atoms with Crippen LogP contribution >= 0.6 is 0 Å². The number of hydrogen-bond donors (Lipinski definition) is 1. The molecule has 0 unspecified atom stereocenters. The Bertz CT molecular complexity index is 622. The molecule has 0 fully saturated rings. The van der Waals surface area contributed by atoms with Gasteiger partial charge in [0.25, 0.3) is 5.56 Å². The predicted molar refractivity (Wildman–Crippen MR) is 71.0 cm³/mol. The quantitative estimate of drug-likeness (QED) is 0.904. The van der Waals surface area contributed by atoms with Crippen LogP contribution in [0.1, 0.15) is 51.0 Å². The standard InChI is InChI=1S/C13H20N4O/c1-7(2)6-10-14-9(5)11-13(18)15-12(8(3)4)16-17(10)11/h7-8H,6H2,1-5H3,(H,15,16,18). The fourth-order valence-corrected chi connectivity index (χ4v) is 2.01. The number of fused-ring (bicyclic) bond motifs is 1. The number of rotatable bonds is 3. The smallest absolute Gasteiger partial charge is 0.277 e. The van der Waals surface area contributed by atoms with E-state index in [0.717, 1.165) is 17.9 Å². The Morgan fingerprint density at radius 2 is 1.94 bits per heavy atom. The summed E-state index contributed by atoms with van der Waals surface area (Å²) in [5.74, 6) is 2.25. The molecule has 0 amide bonds. The lowest BCUT2D eigenvalue weighted by Gasteiger charge is -2.07. The average molecular weight is 248 g/mol. The number of hydrogen-bond acceptors (Lipinski definition) is 3. The maximum atomic E-state index is 12.1. The second kappa shape index (κ2) is 4.55. The summed E-state index contributed by atoms with van der Waals surface area (Å²) in [6.07, 6.45) is 0.822. The lowest BCUT2D eigenvalue weighted by atomic mass is 10.1. The van der Waals surface area contributed by atoms with Crippen molar-refractivity contribution in [3.8, 4) is 0 Å². The molecule has 0 saturated heterocycles. The Balaban J connectivity index is 2.71.